The average molecular weight is 375 g/mol. The van der Waals surface area contributed by atoms with Gasteiger partial charge in [0.25, 0.3) is 5.91 Å². The first kappa shape index (κ1) is 19.5. The Labute approximate surface area is 155 Å². The van der Waals surface area contributed by atoms with Crippen molar-refractivity contribution in [2.45, 2.75) is 20.3 Å². The SMILES string of the molecule is CCOC(=O)c1cc(CC)sc1NC(=O)CO/N=C(\N)c1ccccc1. The van der Waals surface area contributed by atoms with Gasteiger partial charge >= 0.3 is 5.97 Å². The molecule has 0 spiro atoms. The van der Waals surface area contributed by atoms with E-state index in [9.17, 15) is 9.59 Å². The Kier molecular flexibility index (Phi) is 7.16. The van der Waals surface area contributed by atoms with Crippen molar-refractivity contribution >= 4 is 34.0 Å². The van der Waals surface area contributed by atoms with Crippen molar-refractivity contribution in [1.29, 1.82) is 0 Å². The fourth-order valence-electron chi connectivity index (χ4n) is 2.05. The largest absolute Gasteiger partial charge is 0.462 e. The number of amidine groups is 1. The monoisotopic (exact) mass is 375 g/mol. The van der Waals surface area contributed by atoms with E-state index in [4.69, 9.17) is 15.3 Å². The first-order valence-corrected chi connectivity index (χ1v) is 8.97. The van der Waals surface area contributed by atoms with E-state index in [0.717, 1.165) is 11.3 Å². The van der Waals surface area contributed by atoms with Crippen molar-refractivity contribution < 1.29 is 19.2 Å². The molecule has 2 aromatic rings. The van der Waals surface area contributed by atoms with Gasteiger partial charge in [0.05, 0.1) is 12.2 Å². The number of hydrogen-bond donors (Lipinski definition) is 2. The number of rotatable bonds is 8. The predicted molar refractivity (Wildman–Crippen MR) is 101 cm³/mol. The number of amides is 1. The molecule has 26 heavy (non-hydrogen) atoms. The Morgan fingerprint density at radius 2 is 1.96 bits per heavy atom. The van der Waals surface area contributed by atoms with E-state index in [0.29, 0.717) is 16.1 Å². The van der Waals surface area contributed by atoms with Crippen LogP contribution in [0.1, 0.15) is 34.6 Å². The number of hydrogen-bond acceptors (Lipinski definition) is 6. The number of nitrogens with zero attached hydrogens (tertiary/aromatic N) is 1. The first-order valence-electron chi connectivity index (χ1n) is 8.15. The van der Waals surface area contributed by atoms with Crippen LogP contribution in [0.5, 0.6) is 0 Å². The van der Waals surface area contributed by atoms with E-state index in [1.165, 1.54) is 11.3 Å². The van der Waals surface area contributed by atoms with Crippen molar-refractivity contribution in [2.24, 2.45) is 10.9 Å². The molecule has 0 atom stereocenters. The number of carbonyl (C=O) groups excluding carboxylic acids is 2. The molecule has 0 bridgehead atoms. The summed E-state index contributed by atoms with van der Waals surface area (Å²) in [6.45, 7) is 3.64. The molecule has 2 rings (SSSR count). The molecule has 0 unspecified atom stereocenters. The van der Waals surface area contributed by atoms with Crippen LogP contribution < -0.4 is 11.1 Å². The third-order valence-electron chi connectivity index (χ3n) is 3.31. The van der Waals surface area contributed by atoms with Gasteiger partial charge in [-0.15, -0.1) is 11.3 Å². The second kappa shape index (κ2) is 9.57. The van der Waals surface area contributed by atoms with Gasteiger partial charge in [-0.3, -0.25) is 4.79 Å². The lowest BCUT2D eigenvalue weighted by Crippen LogP contribution is -2.20. The summed E-state index contributed by atoms with van der Waals surface area (Å²) in [5, 5.41) is 6.83. The lowest BCUT2D eigenvalue weighted by atomic mass is 10.2. The van der Waals surface area contributed by atoms with E-state index in [1.54, 1.807) is 25.1 Å². The van der Waals surface area contributed by atoms with Gasteiger partial charge in [-0.05, 0) is 19.4 Å². The van der Waals surface area contributed by atoms with Crippen LogP contribution in [0.15, 0.2) is 41.6 Å². The fourth-order valence-corrected chi connectivity index (χ4v) is 3.05. The number of ether oxygens (including phenoxy) is 1. The van der Waals surface area contributed by atoms with Gasteiger partial charge in [-0.1, -0.05) is 42.4 Å². The van der Waals surface area contributed by atoms with Crippen molar-refractivity contribution in [2.75, 3.05) is 18.5 Å². The van der Waals surface area contributed by atoms with Gasteiger partial charge in [-0.2, -0.15) is 0 Å². The lowest BCUT2D eigenvalue weighted by Gasteiger charge is -2.06. The molecule has 1 amide bonds. The number of thiophene rings is 1. The van der Waals surface area contributed by atoms with Gasteiger partial charge in [-0.25, -0.2) is 4.79 Å². The fraction of sp³-hybridized carbons (Fsp3) is 0.278. The van der Waals surface area contributed by atoms with Crippen LogP contribution in [0, 0.1) is 0 Å². The first-order chi connectivity index (χ1) is 12.5. The minimum absolute atomic E-state index is 0.176. The van der Waals surface area contributed by atoms with Crippen LogP contribution in [-0.4, -0.2) is 30.9 Å². The molecular formula is C18H21N3O4S. The van der Waals surface area contributed by atoms with Crippen molar-refractivity contribution in [3.8, 4) is 0 Å². The van der Waals surface area contributed by atoms with E-state index < -0.39 is 11.9 Å². The van der Waals surface area contributed by atoms with E-state index in [-0.39, 0.29) is 19.0 Å². The molecule has 7 nitrogen and oxygen atoms in total. The second-order valence-electron chi connectivity index (χ2n) is 5.19. The minimum Gasteiger partial charge on any atom is -0.462 e. The van der Waals surface area contributed by atoms with Crippen LogP contribution >= 0.6 is 11.3 Å². The smallest absolute Gasteiger partial charge is 0.341 e. The highest BCUT2D eigenvalue weighted by Crippen LogP contribution is 2.29. The average Bonchev–Trinajstić information content (AvgIpc) is 3.05. The highest BCUT2D eigenvalue weighted by atomic mass is 32.1. The maximum Gasteiger partial charge on any atom is 0.341 e. The van der Waals surface area contributed by atoms with E-state index >= 15 is 0 Å². The van der Waals surface area contributed by atoms with E-state index in [2.05, 4.69) is 10.5 Å². The number of nitrogens with two attached hydrogens (primary N) is 1. The number of aryl methyl sites for hydroxylation is 1. The molecule has 0 aliphatic heterocycles. The summed E-state index contributed by atoms with van der Waals surface area (Å²) in [7, 11) is 0. The molecule has 1 heterocycles. The van der Waals surface area contributed by atoms with Crippen molar-refractivity contribution in [3.63, 3.8) is 0 Å². The zero-order chi connectivity index (χ0) is 18.9. The standard InChI is InChI=1S/C18H21N3O4S/c1-3-13-10-14(18(23)24-4-2)17(26-13)20-15(22)11-25-21-16(19)12-8-6-5-7-9-12/h5-10H,3-4,11H2,1-2H3,(H2,19,21)(H,20,22). The number of benzene rings is 1. The molecule has 0 aliphatic rings. The van der Waals surface area contributed by atoms with Crippen molar-refractivity contribution in [1.82, 2.24) is 0 Å². The normalized spacial score (nSPS) is 11.1. The van der Waals surface area contributed by atoms with Crippen LogP contribution in [0.2, 0.25) is 0 Å². The molecule has 1 aromatic carbocycles. The maximum atomic E-state index is 12.1. The molecule has 0 saturated heterocycles. The molecular weight excluding hydrogens is 354 g/mol. The maximum absolute atomic E-state index is 12.1. The number of esters is 1. The minimum atomic E-state index is -0.467. The lowest BCUT2D eigenvalue weighted by molar-refractivity contribution is -0.120. The summed E-state index contributed by atoms with van der Waals surface area (Å²) >= 11 is 1.33. The highest BCUT2D eigenvalue weighted by molar-refractivity contribution is 7.16. The van der Waals surface area contributed by atoms with Gasteiger partial charge in [0.2, 0.25) is 0 Å². The van der Waals surface area contributed by atoms with Crippen LogP contribution in [0.3, 0.4) is 0 Å². The third kappa shape index (κ3) is 5.32. The van der Waals surface area contributed by atoms with Gasteiger partial charge in [0.15, 0.2) is 12.4 Å². The van der Waals surface area contributed by atoms with Crippen LogP contribution in [0.25, 0.3) is 0 Å². The number of anilines is 1. The predicted octanol–water partition coefficient (Wildman–Crippen LogP) is 2.76. The highest BCUT2D eigenvalue weighted by Gasteiger charge is 2.18. The number of nitrogens with one attached hydrogen (secondary N) is 1. The van der Waals surface area contributed by atoms with Crippen LogP contribution in [-0.2, 0) is 20.8 Å². The number of carbonyl (C=O) groups is 2. The summed E-state index contributed by atoms with van der Waals surface area (Å²) < 4.78 is 5.02. The van der Waals surface area contributed by atoms with Crippen molar-refractivity contribution in [3.05, 3.63) is 52.4 Å². The molecule has 8 heteroatoms. The third-order valence-corrected chi connectivity index (χ3v) is 4.50. The summed E-state index contributed by atoms with van der Waals surface area (Å²) in [6, 6.07) is 10.8. The molecule has 3 N–H and O–H groups in total. The topological polar surface area (TPSA) is 103 Å². The van der Waals surface area contributed by atoms with Gasteiger partial charge in [0.1, 0.15) is 5.00 Å². The molecule has 0 saturated carbocycles. The van der Waals surface area contributed by atoms with E-state index in [1.807, 2.05) is 25.1 Å². The summed E-state index contributed by atoms with van der Waals surface area (Å²) in [5.74, 6) is -0.731. The Hall–Kier alpha value is -2.87. The second-order valence-corrected chi connectivity index (χ2v) is 6.33. The molecule has 0 aliphatic carbocycles. The molecule has 138 valence electrons. The summed E-state index contributed by atoms with van der Waals surface area (Å²) in [5.41, 5.74) is 6.83. The van der Waals surface area contributed by atoms with Crippen LogP contribution in [0.4, 0.5) is 5.00 Å². The molecule has 0 fully saturated rings. The van der Waals surface area contributed by atoms with Gasteiger partial charge < -0.3 is 20.6 Å². The Morgan fingerprint density at radius 3 is 2.62 bits per heavy atom. The Morgan fingerprint density at radius 1 is 1.23 bits per heavy atom. The summed E-state index contributed by atoms with van der Waals surface area (Å²) in [6.07, 6.45) is 0.751. The Bertz CT molecular complexity index is 787. The zero-order valence-electron chi connectivity index (χ0n) is 14.7. The molecule has 1 aromatic heterocycles. The summed E-state index contributed by atoms with van der Waals surface area (Å²) in [4.78, 5) is 30.0. The zero-order valence-corrected chi connectivity index (χ0v) is 15.5. The quantitative estimate of drug-likeness (QED) is 0.320. The molecule has 0 radical (unpaired) electrons. The Balaban J connectivity index is 1.97. The van der Waals surface area contributed by atoms with Gasteiger partial charge in [0, 0.05) is 10.4 Å². The number of oxime groups is 1.